The minimum atomic E-state index is -4.45. The number of aliphatic carboxylic acids is 1. The van der Waals surface area contributed by atoms with Crippen molar-refractivity contribution >= 4 is 5.97 Å². The second kappa shape index (κ2) is 16.5. The first-order chi connectivity index (χ1) is 14.6. The molecule has 0 aromatic heterocycles. The number of halogens is 3. The van der Waals surface area contributed by atoms with Crippen LogP contribution in [0.25, 0.3) is 0 Å². The lowest BCUT2D eigenvalue weighted by atomic mass is 10.1. The molecule has 168 valence electrons. The van der Waals surface area contributed by atoms with Crippen LogP contribution in [-0.2, 0) is 17.4 Å². The number of nitrogens with zero attached hydrogens (tertiary/aromatic N) is 2. The maximum atomic E-state index is 12.3. The Kier molecular flexibility index (Phi) is 15.9. The van der Waals surface area contributed by atoms with Crippen LogP contribution in [0.3, 0.4) is 0 Å². The van der Waals surface area contributed by atoms with E-state index in [-0.39, 0.29) is 12.0 Å². The molecule has 4 nitrogen and oxygen atoms in total. The Balaban J connectivity index is 0. The summed E-state index contributed by atoms with van der Waals surface area (Å²) in [6.45, 7) is 9.30. The zero-order chi connectivity index (χ0) is 24.4. The van der Waals surface area contributed by atoms with Crippen molar-refractivity contribution in [3.05, 3.63) is 70.3 Å². The first-order valence-electron chi connectivity index (χ1n) is 9.87. The van der Waals surface area contributed by atoms with Crippen LogP contribution in [0.4, 0.5) is 13.2 Å². The molecular weight excluding hydrogens is 405 g/mol. The lowest BCUT2D eigenvalue weighted by Gasteiger charge is -2.08. The normalized spacial score (nSPS) is 9.23. The van der Waals surface area contributed by atoms with Crippen molar-refractivity contribution in [2.45, 2.75) is 60.1 Å². The highest BCUT2D eigenvalue weighted by Gasteiger charge is 2.33. The molecule has 0 radical (unpaired) electrons. The van der Waals surface area contributed by atoms with Gasteiger partial charge >= 0.3 is 12.1 Å². The highest BCUT2D eigenvalue weighted by atomic mass is 19.4. The fraction of sp³-hybridized carbons (Fsp3) is 0.375. The van der Waals surface area contributed by atoms with E-state index < -0.39 is 17.7 Å². The summed E-state index contributed by atoms with van der Waals surface area (Å²) in [4.78, 5) is 9.37. The topological polar surface area (TPSA) is 84.9 Å². The largest absolute Gasteiger partial charge is 0.481 e. The van der Waals surface area contributed by atoms with Crippen LogP contribution in [0.5, 0.6) is 0 Å². The molecule has 0 aliphatic carbocycles. The van der Waals surface area contributed by atoms with Crippen LogP contribution >= 0.6 is 0 Å². The van der Waals surface area contributed by atoms with E-state index in [2.05, 4.69) is 13.0 Å². The van der Waals surface area contributed by atoms with Gasteiger partial charge in [0, 0.05) is 6.42 Å². The Labute approximate surface area is 182 Å². The summed E-state index contributed by atoms with van der Waals surface area (Å²) < 4.78 is 36.8. The summed E-state index contributed by atoms with van der Waals surface area (Å²) in [5, 5.41) is 24.7. The second-order valence-corrected chi connectivity index (χ2v) is 5.96. The Hall–Kier alpha value is -3.32. The molecule has 2 aromatic rings. The summed E-state index contributed by atoms with van der Waals surface area (Å²) in [6, 6.07) is 15.0. The maximum Gasteiger partial charge on any atom is 0.417 e. The smallest absolute Gasteiger partial charge is 0.417 e. The van der Waals surface area contributed by atoms with Crippen LogP contribution in [0.1, 0.15) is 68.4 Å². The van der Waals surface area contributed by atoms with Gasteiger partial charge in [0.05, 0.1) is 28.8 Å². The van der Waals surface area contributed by atoms with E-state index >= 15 is 0 Å². The van der Waals surface area contributed by atoms with Gasteiger partial charge in [0.25, 0.3) is 0 Å². The van der Waals surface area contributed by atoms with Gasteiger partial charge in [-0.1, -0.05) is 57.9 Å². The average molecular weight is 435 g/mol. The van der Waals surface area contributed by atoms with Gasteiger partial charge in [-0.05, 0) is 43.2 Å². The molecule has 0 bridgehead atoms. The molecule has 0 atom stereocenters. The third kappa shape index (κ3) is 13.5. The number of nitriles is 2. The van der Waals surface area contributed by atoms with Crippen LogP contribution in [0.15, 0.2) is 42.5 Å². The summed E-state index contributed by atoms with van der Waals surface area (Å²) in [6.07, 6.45) is -1.96. The third-order valence-electron chi connectivity index (χ3n) is 3.53. The quantitative estimate of drug-likeness (QED) is 0.569. The third-order valence-corrected chi connectivity index (χ3v) is 3.53. The van der Waals surface area contributed by atoms with Gasteiger partial charge in [-0.25, -0.2) is 0 Å². The lowest BCUT2D eigenvalue weighted by molar-refractivity contribution is -0.138. The summed E-state index contributed by atoms with van der Waals surface area (Å²) >= 11 is 0. The van der Waals surface area contributed by atoms with E-state index in [1.54, 1.807) is 13.8 Å². The van der Waals surface area contributed by atoms with Crippen molar-refractivity contribution in [2.24, 2.45) is 0 Å². The maximum absolute atomic E-state index is 12.3. The van der Waals surface area contributed by atoms with Gasteiger partial charge in [-0.3, -0.25) is 4.79 Å². The number of carboxylic acid groups (broad SMARTS) is 1. The van der Waals surface area contributed by atoms with Crippen molar-refractivity contribution in [1.82, 2.24) is 0 Å². The van der Waals surface area contributed by atoms with Crippen molar-refractivity contribution < 1.29 is 23.1 Å². The summed E-state index contributed by atoms with van der Waals surface area (Å²) in [5.41, 5.74) is 1.34. The van der Waals surface area contributed by atoms with Crippen molar-refractivity contribution in [1.29, 1.82) is 10.5 Å². The molecule has 0 saturated carbocycles. The monoisotopic (exact) mass is 434 g/mol. The van der Waals surface area contributed by atoms with E-state index in [4.69, 9.17) is 15.6 Å². The van der Waals surface area contributed by atoms with Crippen LogP contribution in [-0.4, -0.2) is 11.1 Å². The predicted octanol–water partition coefficient (Wildman–Crippen LogP) is 6.90. The van der Waals surface area contributed by atoms with Crippen molar-refractivity contribution in [2.75, 3.05) is 0 Å². The van der Waals surface area contributed by atoms with Gasteiger partial charge in [-0.15, -0.1) is 0 Å². The van der Waals surface area contributed by atoms with E-state index in [9.17, 15) is 18.0 Å². The van der Waals surface area contributed by atoms with Crippen molar-refractivity contribution in [3.63, 3.8) is 0 Å². The average Bonchev–Trinajstić information content (AvgIpc) is 2.76. The molecule has 7 heteroatoms. The molecule has 0 spiro atoms. The number of alkyl halides is 3. The van der Waals surface area contributed by atoms with Gasteiger partial charge in [0.2, 0.25) is 0 Å². The fourth-order valence-electron chi connectivity index (χ4n) is 2.02. The molecule has 1 N–H and O–H groups in total. The van der Waals surface area contributed by atoms with Crippen LogP contribution in [0, 0.1) is 29.6 Å². The molecule has 2 aromatic carbocycles. The first-order valence-corrected chi connectivity index (χ1v) is 9.87. The van der Waals surface area contributed by atoms with Gasteiger partial charge in [0.1, 0.15) is 0 Å². The van der Waals surface area contributed by atoms with Crippen LogP contribution < -0.4 is 0 Å². The van der Waals surface area contributed by atoms with E-state index in [0.717, 1.165) is 24.5 Å². The molecule has 0 saturated heterocycles. The zero-order valence-corrected chi connectivity index (χ0v) is 18.5. The standard InChI is InChI=1S/C10H11N.C9H6F3N.C3H6O2.C2H6/c1-2-3-9-4-6-10(8-11)7-5-9;1-6-2-3-7(5-13)8(4-6)9(10,11)12;1-2-3(4)5;1-2/h4-7H,2-3H2,1H3;2-4H,1H3;2H2,1H3,(H,4,5);1-2H3. The zero-order valence-electron chi connectivity index (χ0n) is 18.5. The first kappa shape index (κ1) is 29.9. The van der Waals surface area contributed by atoms with Crippen molar-refractivity contribution in [3.8, 4) is 12.1 Å². The molecular formula is C24H29F3N2O2. The van der Waals surface area contributed by atoms with E-state index in [1.165, 1.54) is 23.8 Å². The molecule has 0 aliphatic heterocycles. The number of hydrogen-bond donors (Lipinski definition) is 1. The van der Waals surface area contributed by atoms with Gasteiger partial charge < -0.3 is 5.11 Å². The Morgan fingerprint density at radius 1 is 1.00 bits per heavy atom. The second-order valence-electron chi connectivity index (χ2n) is 5.96. The molecule has 0 fully saturated rings. The molecule has 0 amide bonds. The number of aryl methyl sites for hydroxylation is 2. The highest BCUT2D eigenvalue weighted by molar-refractivity contribution is 5.66. The van der Waals surface area contributed by atoms with Gasteiger partial charge in [-0.2, -0.15) is 23.7 Å². The van der Waals surface area contributed by atoms with Gasteiger partial charge in [0.15, 0.2) is 0 Å². The minimum Gasteiger partial charge on any atom is -0.481 e. The fourth-order valence-corrected chi connectivity index (χ4v) is 2.02. The number of benzene rings is 2. The number of hydrogen-bond acceptors (Lipinski definition) is 3. The van der Waals surface area contributed by atoms with E-state index in [1.807, 2.05) is 38.1 Å². The Bertz CT molecular complexity index is 862. The predicted molar refractivity (Wildman–Crippen MR) is 115 cm³/mol. The lowest BCUT2D eigenvalue weighted by Crippen LogP contribution is -2.07. The summed E-state index contributed by atoms with van der Waals surface area (Å²) in [5.74, 6) is -0.745. The number of carboxylic acids is 1. The number of rotatable bonds is 3. The SMILES string of the molecule is CC.CCC(=O)O.CCCc1ccc(C#N)cc1.Cc1ccc(C#N)c(C(F)(F)F)c1. The molecule has 0 unspecified atom stereocenters. The molecule has 0 heterocycles. The minimum absolute atomic E-state index is 0.222. The Morgan fingerprint density at radius 3 is 1.87 bits per heavy atom. The molecule has 0 aliphatic rings. The highest BCUT2D eigenvalue weighted by Crippen LogP contribution is 2.32. The van der Waals surface area contributed by atoms with E-state index in [0.29, 0.717) is 5.56 Å². The Morgan fingerprint density at radius 2 is 1.52 bits per heavy atom. The van der Waals surface area contributed by atoms with Crippen LogP contribution in [0.2, 0.25) is 0 Å². The summed E-state index contributed by atoms with van der Waals surface area (Å²) in [7, 11) is 0. The number of carbonyl (C=O) groups is 1. The molecule has 31 heavy (non-hydrogen) atoms. The molecule has 2 rings (SSSR count).